The van der Waals surface area contributed by atoms with Crippen LogP contribution in [0.2, 0.25) is 5.02 Å². The molecule has 1 saturated heterocycles. The number of benzene rings is 1. The van der Waals surface area contributed by atoms with E-state index in [4.69, 9.17) is 16.3 Å². The number of pyridine rings is 1. The lowest BCUT2D eigenvalue weighted by molar-refractivity contribution is -0.119. The summed E-state index contributed by atoms with van der Waals surface area (Å²) in [5.74, 6) is -1.00. The number of ether oxygens (including phenoxy) is 1. The zero-order valence-corrected chi connectivity index (χ0v) is 17.8. The maximum Gasteiger partial charge on any atom is 0.338 e. The molecule has 0 aliphatic carbocycles. The van der Waals surface area contributed by atoms with Crippen molar-refractivity contribution in [3.05, 3.63) is 53.2 Å². The molecule has 160 valence electrons. The molecular weight excluding hydrogens is 430 g/mol. The third-order valence-corrected chi connectivity index (χ3v) is 6.76. The largest absolute Gasteiger partial charge is 0.452 e. The van der Waals surface area contributed by atoms with Gasteiger partial charge in [0.15, 0.2) is 6.61 Å². The zero-order chi connectivity index (χ0) is 21.6. The lowest BCUT2D eigenvalue weighted by Crippen LogP contribution is -2.31. The first-order valence-electron chi connectivity index (χ1n) is 9.55. The lowest BCUT2D eigenvalue weighted by atomic mass is 10.2. The van der Waals surface area contributed by atoms with Gasteiger partial charge in [-0.05, 0) is 49.2 Å². The summed E-state index contributed by atoms with van der Waals surface area (Å²) in [6.07, 6.45) is 5.12. The quantitative estimate of drug-likeness (QED) is 0.676. The summed E-state index contributed by atoms with van der Waals surface area (Å²) in [5, 5.41) is 2.91. The van der Waals surface area contributed by atoms with E-state index < -0.39 is 28.5 Å². The van der Waals surface area contributed by atoms with Gasteiger partial charge in [-0.2, -0.15) is 4.31 Å². The molecule has 1 aromatic carbocycles. The molecule has 1 aromatic heterocycles. The molecule has 1 aliphatic heterocycles. The molecule has 0 atom stereocenters. The summed E-state index contributed by atoms with van der Waals surface area (Å²) >= 11 is 5.72. The monoisotopic (exact) mass is 451 g/mol. The molecular formula is C20H22ClN3O5S. The van der Waals surface area contributed by atoms with Crippen LogP contribution >= 0.6 is 11.6 Å². The van der Waals surface area contributed by atoms with Crippen LogP contribution in [0.1, 0.15) is 36.0 Å². The van der Waals surface area contributed by atoms with Crippen molar-refractivity contribution in [2.24, 2.45) is 0 Å². The van der Waals surface area contributed by atoms with E-state index in [1.54, 1.807) is 6.07 Å². The van der Waals surface area contributed by atoms with Gasteiger partial charge in [0.25, 0.3) is 5.91 Å². The summed E-state index contributed by atoms with van der Waals surface area (Å²) in [6, 6.07) is 8.61. The molecule has 1 N–H and O–H groups in total. The van der Waals surface area contributed by atoms with Gasteiger partial charge < -0.3 is 10.1 Å². The molecule has 1 fully saturated rings. The van der Waals surface area contributed by atoms with Gasteiger partial charge in [0.2, 0.25) is 10.0 Å². The van der Waals surface area contributed by atoms with Crippen LogP contribution in [0, 0.1) is 0 Å². The number of esters is 1. The van der Waals surface area contributed by atoms with Gasteiger partial charge in [0.1, 0.15) is 5.82 Å². The van der Waals surface area contributed by atoms with Crippen molar-refractivity contribution < 1.29 is 22.7 Å². The highest BCUT2D eigenvalue weighted by Gasteiger charge is 2.25. The number of halogens is 1. The highest BCUT2D eigenvalue weighted by Crippen LogP contribution is 2.21. The van der Waals surface area contributed by atoms with E-state index in [1.807, 2.05) is 0 Å². The van der Waals surface area contributed by atoms with Crippen LogP contribution in [0.5, 0.6) is 0 Å². The molecule has 0 saturated carbocycles. The molecule has 3 rings (SSSR count). The van der Waals surface area contributed by atoms with E-state index in [-0.39, 0.29) is 16.3 Å². The van der Waals surface area contributed by atoms with E-state index >= 15 is 0 Å². The van der Waals surface area contributed by atoms with Gasteiger partial charge >= 0.3 is 5.97 Å². The number of carbonyl (C=O) groups is 2. The number of hydrogen-bond acceptors (Lipinski definition) is 6. The second-order valence-electron chi connectivity index (χ2n) is 6.83. The van der Waals surface area contributed by atoms with Crippen molar-refractivity contribution in [2.45, 2.75) is 30.6 Å². The summed E-state index contributed by atoms with van der Waals surface area (Å²) in [4.78, 5) is 28.1. The Bertz CT molecular complexity index is 986. The normalized spacial score (nSPS) is 15.2. The standard InChI is InChI=1S/C20H22ClN3O5S/c21-16-7-10-18(22-13-16)23-19(25)14-29-20(26)15-5-8-17(9-6-15)30(27,28)24-11-3-1-2-4-12-24/h5-10,13H,1-4,11-12,14H2,(H,22,23,25). The molecule has 1 aliphatic rings. The van der Waals surface area contributed by atoms with E-state index in [2.05, 4.69) is 10.3 Å². The van der Waals surface area contributed by atoms with E-state index in [0.29, 0.717) is 18.1 Å². The SMILES string of the molecule is O=C(COC(=O)c1ccc(S(=O)(=O)N2CCCCCC2)cc1)Nc1ccc(Cl)cn1. The van der Waals surface area contributed by atoms with Crippen LogP contribution < -0.4 is 5.32 Å². The van der Waals surface area contributed by atoms with E-state index in [9.17, 15) is 18.0 Å². The van der Waals surface area contributed by atoms with Crippen molar-refractivity contribution in [1.82, 2.24) is 9.29 Å². The van der Waals surface area contributed by atoms with Crippen LogP contribution in [-0.2, 0) is 19.6 Å². The average molecular weight is 452 g/mol. The Morgan fingerprint density at radius 1 is 1.03 bits per heavy atom. The topological polar surface area (TPSA) is 106 Å². The van der Waals surface area contributed by atoms with Gasteiger partial charge in [0, 0.05) is 19.3 Å². The van der Waals surface area contributed by atoms with Crippen LogP contribution in [0.15, 0.2) is 47.5 Å². The fraction of sp³-hybridized carbons (Fsp3) is 0.350. The molecule has 30 heavy (non-hydrogen) atoms. The number of nitrogens with zero attached hydrogens (tertiary/aromatic N) is 2. The lowest BCUT2D eigenvalue weighted by Gasteiger charge is -2.19. The molecule has 0 spiro atoms. The van der Waals surface area contributed by atoms with Crippen LogP contribution in [0.3, 0.4) is 0 Å². The molecule has 2 aromatic rings. The smallest absolute Gasteiger partial charge is 0.338 e. The predicted molar refractivity (Wildman–Crippen MR) is 112 cm³/mol. The molecule has 0 bridgehead atoms. The van der Waals surface area contributed by atoms with Gasteiger partial charge in [0.05, 0.1) is 15.5 Å². The molecule has 8 nitrogen and oxygen atoms in total. The van der Waals surface area contributed by atoms with Crippen molar-refractivity contribution >= 4 is 39.3 Å². The van der Waals surface area contributed by atoms with Gasteiger partial charge in [-0.1, -0.05) is 24.4 Å². The Balaban J connectivity index is 1.56. The highest BCUT2D eigenvalue weighted by molar-refractivity contribution is 7.89. The van der Waals surface area contributed by atoms with Crippen molar-refractivity contribution in [1.29, 1.82) is 0 Å². The summed E-state index contributed by atoms with van der Waals surface area (Å²) in [5.41, 5.74) is 0.155. The third-order valence-electron chi connectivity index (χ3n) is 4.62. The Kier molecular flexibility index (Phi) is 7.41. The van der Waals surface area contributed by atoms with Gasteiger partial charge in [-0.25, -0.2) is 18.2 Å². The number of nitrogens with one attached hydrogen (secondary N) is 1. The van der Waals surface area contributed by atoms with Gasteiger partial charge in [-0.15, -0.1) is 0 Å². The summed E-state index contributed by atoms with van der Waals surface area (Å²) in [6.45, 7) is 0.504. The minimum Gasteiger partial charge on any atom is -0.452 e. The summed E-state index contributed by atoms with van der Waals surface area (Å²) < 4.78 is 32.0. The number of carbonyl (C=O) groups excluding carboxylic acids is 2. The predicted octanol–water partition coefficient (Wildman–Crippen LogP) is 3.10. The van der Waals surface area contributed by atoms with E-state index in [0.717, 1.165) is 25.7 Å². The molecule has 1 amide bonds. The van der Waals surface area contributed by atoms with Crippen molar-refractivity contribution in [3.8, 4) is 0 Å². The molecule has 2 heterocycles. The first-order chi connectivity index (χ1) is 14.4. The Morgan fingerprint density at radius 2 is 1.70 bits per heavy atom. The maximum atomic E-state index is 12.8. The molecule has 0 radical (unpaired) electrons. The minimum atomic E-state index is -3.59. The minimum absolute atomic E-state index is 0.132. The van der Waals surface area contributed by atoms with Crippen LogP contribution in [0.4, 0.5) is 5.82 Å². The number of aromatic nitrogens is 1. The fourth-order valence-electron chi connectivity index (χ4n) is 3.04. The second kappa shape index (κ2) is 10.0. The highest BCUT2D eigenvalue weighted by atomic mass is 35.5. The summed E-state index contributed by atoms with van der Waals surface area (Å²) in [7, 11) is -3.59. The molecule has 10 heteroatoms. The second-order valence-corrected chi connectivity index (χ2v) is 9.20. The Morgan fingerprint density at radius 3 is 2.30 bits per heavy atom. The third kappa shape index (κ3) is 5.78. The van der Waals surface area contributed by atoms with Gasteiger partial charge in [-0.3, -0.25) is 4.79 Å². The first kappa shape index (κ1) is 22.2. The number of hydrogen-bond donors (Lipinski definition) is 1. The number of sulfonamides is 1. The first-order valence-corrected chi connectivity index (χ1v) is 11.4. The number of amides is 1. The Labute approximate surface area is 180 Å². The zero-order valence-electron chi connectivity index (χ0n) is 16.2. The number of anilines is 1. The van der Waals surface area contributed by atoms with Crippen LogP contribution in [-0.4, -0.2) is 49.3 Å². The number of rotatable bonds is 6. The van der Waals surface area contributed by atoms with E-state index in [1.165, 1.54) is 40.8 Å². The Hall–Kier alpha value is -2.49. The fourth-order valence-corrected chi connectivity index (χ4v) is 4.67. The average Bonchev–Trinajstić information content (AvgIpc) is 3.04. The van der Waals surface area contributed by atoms with Crippen molar-refractivity contribution in [2.75, 3.05) is 25.0 Å². The van der Waals surface area contributed by atoms with Crippen molar-refractivity contribution in [3.63, 3.8) is 0 Å². The maximum absolute atomic E-state index is 12.8. The molecule has 0 unspecified atom stereocenters. The van der Waals surface area contributed by atoms with Crippen LogP contribution in [0.25, 0.3) is 0 Å².